The van der Waals surface area contributed by atoms with Gasteiger partial charge in [0.25, 0.3) is 0 Å². The Morgan fingerprint density at radius 2 is 2.29 bits per heavy atom. The molecule has 0 aliphatic heterocycles. The highest BCUT2D eigenvalue weighted by molar-refractivity contribution is 7.80. The molecule has 0 saturated carbocycles. The molecule has 0 bridgehead atoms. The van der Waals surface area contributed by atoms with E-state index in [1.807, 2.05) is 11.6 Å². The lowest BCUT2D eigenvalue weighted by Crippen LogP contribution is -2.45. The molecule has 0 aliphatic rings. The second kappa shape index (κ2) is 5.22. The number of amides is 1. The molecular weight excluding hydrogens is 238 g/mol. The van der Waals surface area contributed by atoms with Crippen LogP contribution in [0.5, 0.6) is 0 Å². The van der Waals surface area contributed by atoms with Crippen molar-refractivity contribution in [1.29, 1.82) is 0 Å². The first-order chi connectivity index (χ1) is 7.85. The Morgan fingerprint density at radius 1 is 1.65 bits per heavy atom. The van der Waals surface area contributed by atoms with Crippen LogP contribution in [0.15, 0.2) is 6.33 Å². The molecule has 1 heterocycles. The molecule has 7 heteroatoms. The minimum Gasteiger partial charge on any atom is -0.392 e. The lowest BCUT2D eigenvalue weighted by Gasteiger charge is -2.21. The Kier molecular flexibility index (Phi) is 4.17. The number of aromatic nitrogens is 3. The predicted octanol–water partition coefficient (Wildman–Crippen LogP) is -0.214. The molecular formula is C10H17N5OS. The number of hydrogen-bond donors (Lipinski definition) is 2. The summed E-state index contributed by atoms with van der Waals surface area (Å²) in [5.41, 5.74) is 4.68. The van der Waals surface area contributed by atoms with E-state index >= 15 is 0 Å². The van der Waals surface area contributed by atoms with Gasteiger partial charge < -0.3 is 15.6 Å². The van der Waals surface area contributed by atoms with Gasteiger partial charge in [0.1, 0.15) is 12.2 Å². The zero-order valence-corrected chi connectivity index (χ0v) is 11.0. The van der Waals surface area contributed by atoms with Gasteiger partial charge in [-0.3, -0.25) is 4.79 Å². The van der Waals surface area contributed by atoms with E-state index in [-0.39, 0.29) is 10.9 Å². The van der Waals surface area contributed by atoms with Crippen LogP contribution < -0.4 is 11.1 Å². The molecule has 6 nitrogen and oxygen atoms in total. The molecule has 1 aromatic rings. The Hall–Kier alpha value is -1.50. The Balaban J connectivity index is 2.45. The number of rotatable bonds is 5. The molecule has 0 saturated heterocycles. The molecule has 0 unspecified atom stereocenters. The van der Waals surface area contributed by atoms with E-state index in [2.05, 4.69) is 15.5 Å². The summed E-state index contributed by atoms with van der Waals surface area (Å²) in [5, 5.41) is 10.5. The molecule has 1 aromatic heterocycles. The van der Waals surface area contributed by atoms with Gasteiger partial charge in [0, 0.05) is 20.0 Å². The fourth-order valence-electron chi connectivity index (χ4n) is 1.15. The maximum Gasteiger partial charge on any atom is 0.232 e. The first-order valence-electron chi connectivity index (χ1n) is 5.26. The summed E-state index contributed by atoms with van der Waals surface area (Å²) >= 11 is 4.85. The van der Waals surface area contributed by atoms with Crippen LogP contribution in [0.2, 0.25) is 0 Å². The molecule has 0 fully saturated rings. The second-order valence-electron chi connectivity index (χ2n) is 4.35. The number of hydrogen-bond acceptors (Lipinski definition) is 4. The van der Waals surface area contributed by atoms with E-state index in [0.717, 1.165) is 5.82 Å². The molecule has 0 aliphatic carbocycles. The van der Waals surface area contributed by atoms with Crippen LogP contribution in [0.3, 0.4) is 0 Å². The topological polar surface area (TPSA) is 85.8 Å². The third kappa shape index (κ3) is 3.23. The summed E-state index contributed by atoms with van der Waals surface area (Å²) in [6, 6.07) is 0. The highest BCUT2D eigenvalue weighted by Crippen LogP contribution is 2.15. The number of nitrogens with one attached hydrogen (secondary N) is 1. The highest BCUT2D eigenvalue weighted by atomic mass is 32.1. The third-order valence-corrected chi connectivity index (χ3v) is 3.13. The van der Waals surface area contributed by atoms with Crippen molar-refractivity contribution >= 4 is 23.1 Å². The minimum atomic E-state index is -0.824. The van der Waals surface area contributed by atoms with Crippen LogP contribution >= 0.6 is 12.2 Å². The van der Waals surface area contributed by atoms with Gasteiger partial charge in [0.05, 0.1) is 10.4 Å². The summed E-state index contributed by atoms with van der Waals surface area (Å²) in [7, 11) is 1.86. The van der Waals surface area contributed by atoms with Crippen molar-refractivity contribution < 1.29 is 4.79 Å². The predicted molar refractivity (Wildman–Crippen MR) is 68.3 cm³/mol. The van der Waals surface area contributed by atoms with Gasteiger partial charge in [-0.2, -0.15) is 0 Å². The van der Waals surface area contributed by atoms with Crippen molar-refractivity contribution in [2.75, 3.05) is 6.54 Å². The van der Waals surface area contributed by atoms with Gasteiger partial charge in [-0.05, 0) is 13.8 Å². The highest BCUT2D eigenvalue weighted by Gasteiger charge is 2.30. The second-order valence-corrected chi connectivity index (χ2v) is 4.79. The van der Waals surface area contributed by atoms with Crippen molar-refractivity contribution in [2.45, 2.75) is 20.3 Å². The maximum atomic E-state index is 11.8. The lowest BCUT2D eigenvalue weighted by atomic mass is 9.92. The van der Waals surface area contributed by atoms with E-state index in [1.54, 1.807) is 20.2 Å². The quantitative estimate of drug-likeness (QED) is 0.711. The van der Waals surface area contributed by atoms with Crippen LogP contribution in [-0.2, 0) is 18.3 Å². The summed E-state index contributed by atoms with van der Waals surface area (Å²) in [6.07, 6.45) is 2.24. The van der Waals surface area contributed by atoms with E-state index in [1.165, 1.54) is 0 Å². The van der Waals surface area contributed by atoms with Crippen LogP contribution in [0.25, 0.3) is 0 Å². The number of aryl methyl sites for hydroxylation is 1. The van der Waals surface area contributed by atoms with E-state index in [0.29, 0.717) is 13.0 Å². The van der Waals surface area contributed by atoms with Crippen LogP contribution in [0.4, 0.5) is 0 Å². The molecule has 0 radical (unpaired) electrons. The van der Waals surface area contributed by atoms with Gasteiger partial charge in [0.2, 0.25) is 5.91 Å². The van der Waals surface area contributed by atoms with Crippen molar-refractivity contribution in [1.82, 2.24) is 20.1 Å². The van der Waals surface area contributed by atoms with E-state index < -0.39 is 5.41 Å². The average molecular weight is 255 g/mol. The van der Waals surface area contributed by atoms with Crippen molar-refractivity contribution in [3.05, 3.63) is 12.2 Å². The molecule has 0 aromatic carbocycles. The van der Waals surface area contributed by atoms with Crippen LogP contribution in [0.1, 0.15) is 19.7 Å². The number of carbonyl (C=O) groups excluding carboxylic acids is 1. The number of nitrogens with two attached hydrogens (primary N) is 1. The first kappa shape index (κ1) is 13.6. The number of thiocarbonyl (C=S) groups is 1. The average Bonchev–Trinajstić information content (AvgIpc) is 2.64. The minimum absolute atomic E-state index is 0.174. The molecule has 94 valence electrons. The smallest absolute Gasteiger partial charge is 0.232 e. The van der Waals surface area contributed by atoms with Gasteiger partial charge in [-0.25, -0.2) is 0 Å². The summed E-state index contributed by atoms with van der Waals surface area (Å²) < 4.78 is 1.81. The third-order valence-electron chi connectivity index (χ3n) is 2.62. The summed E-state index contributed by atoms with van der Waals surface area (Å²) in [5.74, 6) is 0.644. The van der Waals surface area contributed by atoms with Gasteiger partial charge >= 0.3 is 0 Å². The summed E-state index contributed by atoms with van der Waals surface area (Å²) in [4.78, 5) is 12.0. The van der Waals surface area contributed by atoms with Crippen molar-refractivity contribution in [3.8, 4) is 0 Å². The molecule has 1 amide bonds. The van der Waals surface area contributed by atoms with Crippen molar-refractivity contribution in [2.24, 2.45) is 18.2 Å². The van der Waals surface area contributed by atoms with E-state index in [4.69, 9.17) is 18.0 Å². The monoisotopic (exact) mass is 255 g/mol. The zero-order valence-electron chi connectivity index (χ0n) is 10.2. The Bertz CT molecular complexity index is 426. The standard InChI is InChI=1S/C10H17N5OS/c1-10(2,8(11)17)9(16)12-5-4-7-14-13-6-15(7)3/h6H,4-5H2,1-3H3,(H2,11,17)(H,12,16). The normalized spacial score (nSPS) is 11.2. The van der Waals surface area contributed by atoms with Gasteiger partial charge in [0.15, 0.2) is 0 Å². The van der Waals surface area contributed by atoms with Crippen LogP contribution in [0, 0.1) is 5.41 Å². The van der Waals surface area contributed by atoms with E-state index in [9.17, 15) is 4.79 Å². The maximum absolute atomic E-state index is 11.8. The largest absolute Gasteiger partial charge is 0.392 e. The van der Waals surface area contributed by atoms with Crippen molar-refractivity contribution in [3.63, 3.8) is 0 Å². The number of nitrogens with zero attached hydrogens (tertiary/aromatic N) is 3. The molecule has 3 N–H and O–H groups in total. The zero-order chi connectivity index (χ0) is 13.1. The molecule has 17 heavy (non-hydrogen) atoms. The van der Waals surface area contributed by atoms with Gasteiger partial charge in [-0.1, -0.05) is 12.2 Å². The van der Waals surface area contributed by atoms with Gasteiger partial charge in [-0.15, -0.1) is 10.2 Å². The number of carbonyl (C=O) groups is 1. The lowest BCUT2D eigenvalue weighted by molar-refractivity contribution is -0.126. The van der Waals surface area contributed by atoms with Crippen LogP contribution in [-0.4, -0.2) is 32.2 Å². The molecule has 1 rings (SSSR count). The summed E-state index contributed by atoms with van der Waals surface area (Å²) in [6.45, 7) is 3.89. The molecule has 0 atom stereocenters. The first-order valence-corrected chi connectivity index (χ1v) is 5.67. The molecule has 0 spiro atoms. The SMILES string of the molecule is Cn1cnnc1CCNC(=O)C(C)(C)C(N)=S. The Labute approximate surface area is 106 Å². The fourth-order valence-corrected chi connectivity index (χ4v) is 1.25. The Morgan fingerprint density at radius 3 is 2.76 bits per heavy atom. The fraction of sp³-hybridized carbons (Fsp3) is 0.600.